The van der Waals surface area contributed by atoms with Crippen molar-refractivity contribution in [1.82, 2.24) is 10.2 Å². The van der Waals surface area contributed by atoms with Gasteiger partial charge in [-0.25, -0.2) is 0 Å². The van der Waals surface area contributed by atoms with Crippen LogP contribution in [0.4, 0.5) is 5.13 Å². The Labute approximate surface area is 127 Å². The molecule has 1 aromatic heterocycles. The normalized spacial score (nSPS) is 10.8. The van der Waals surface area contributed by atoms with Crippen LogP contribution >= 0.6 is 22.9 Å². The summed E-state index contributed by atoms with van der Waals surface area (Å²) in [6, 6.07) is 7.53. The number of hydrogen-bond donors (Lipinski definition) is 1. The molecule has 0 saturated carbocycles. The molecule has 0 aliphatic rings. The van der Waals surface area contributed by atoms with Crippen LogP contribution in [0.5, 0.6) is 0 Å². The van der Waals surface area contributed by atoms with Crippen molar-refractivity contribution < 1.29 is 4.79 Å². The fourth-order valence-corrected chi connectivity index (χ4v) is 2.63. The zero-order chi connectivity index (χ0) is 14.5. The molecule has 1 aromatic carbocycles. The molecule has 0 bridgehead atoms. The molecule has 0 spiro atoms. The number of carbonyl (C=O) groups excluding carboxylic acids is 1. The smallest absolute Gasteiger partial charge is 0.226 e. The number of rotatable bonds is 5. The van der Waals surface area contributed by atoms with Crippen LogP contribution in [-0.4, -0.2) is 16.1 Å². The molecule has 0 atom stereocenters. The number of nitrogens with one attached hydrogen (secondary N) is 1. The van der Waals surface area contributed by atoms with E-state index < -0.39 is 0 Å². The van der Waals surface area contributed by atoms with Gasteiger partial charge in [-0.05, 0) is 24.1 Å². The highest BCUT2D eigenvalue weighted by Gasteiger charge is 2.10. The Bertz CT molecular complexity index is 598. The van der Waals surface area contributed by atoms with Gasteiger partial charge in [-0.3, -0.25) is 4.79 Å². The minimum absolute atomic E-state index is 0.0589. The van der Waals surface area contributed by atoms with E-state index in [1.54, 1.807) is 0 Å². The van der Waals surface area contributed by atoms with Crippen molar-refractivity contribution in [3.05, 3.63) is 39.9 Å². The summed E-state index contributed by atoms with van der Waals surface area (Å²) in [6.45, 7) is 4.09. The molecule has 0 radical (unpaired) electrons. The summed E-state index contributed by atoms with van der Waals surface area (Å²) >= 11 is 7.32. The Kier molecular flexibility index (Phi) is 5.09. The second-order valence-corrected chi connectivity index (χ2v) is 6.22. The Morgan fingerprint density at radius 1 is 1.40 bits per heavy atom. The second-order valence-electron chi connectivity index (χ2n) is 4.78. The molecule has 0 unspecified atom stereocenters. The summed E-state index contributed by atoms with van der Waals surface area (Å²) in [5, 5.41) is 12.9. The van der Waals surface area contributed by atoms with Crippen LogP contribution in [-0.2, 0) is 11.2 Å². The first-order chi connectivity index (χ1) is 9.54. The number of anilines is 1. The molecule has 20 heavy (non-hydrogen) atoms. The topological polar surface area (TPSA) is 54.9 Å². The maximum Gasteiger partial charge on any atom is 0.226 e. The molecular weight excluding hydrogens is 294 g/mol. The lowest BCUT2D eigenvalue weighted by molar-refractivity contribution is -0.116. The first-order valence-corrected chi connectivity index (χ1v) is 7.61. The molecule has 2 rings (SSSR count). The lowest BCUT2D eigenvalue weighted by Gasteiger charge is -2.02. The van der Waals surface area contributed by atoms with Crippen LogP contribution in [0.15, 0.2) is 24.3 Å². The second kappa shape index (κ2) is 6.81. The molecule has 4 nitrogen and oxygen atoms in total. The highest BCUT2D eigenvalue weighted by Crippen LogP contribution is 2.22. The van der Waals surface area contributed by atoms with Crippen molar-refractivity contribution in [1.29, 1.82) is 0 Å². The van der Waals surface area contributed by atoms with Crippen LogP contribution in [0.3, 0.4) is 0 Å². The summed E-state index contributed by atoms with van der Waals surface area (Å²) in [7, 11) is 0. The van der Waals surface area contributed by atoms with Crippen LogP contribution < -0.4 is 5.32 Å². The number of aromatic nitrogens is 2. The maximum absolute atomic E-state index is 11.8. The third-order valence-electron chi connectivity index (χ3n) is 2.71. The van der Waals surface area contributed by atoms with E-state index in [2.05, 4.69) is 15.5 Å². The predicted octanol–water partition coefficient (Wildman–Crippen LogP) is 3.89. The molecule has 1 N–H and O–H groups in total. The fourth-order valence-electron chi connectivity index (χ4n) is 1.65. The first-order valence-electron chi connectivity index (χ1n) is 6.42. The van der Waals surface area contributed by atoms with Crippen molar-refractivity contribution in [3.63, 3.8) is 0 Å². The van der Waals surface area contributed by atoms with Gasteiger partial charge in [0.15, 0.2) is 0 Å². The number of amides is 1. The van der Waals surface area contributed by atoms with E-state index in [-0.39, 0.29) is 5.91 Å². The zero-order valence-corrected chi connectivity index (χ0v) is 13.0. The molecule has 106 valence electrons. The average Bonchev–Trinajstić information content (AvgIpc) is 2.85. The van der Waals surface area contributed by atoms with Gasteiger partial charge >= 0.3 is 0 Å². The number of carbonyl (C=O) groups is 1. The summed E-state index contributed by atoms with van der Waals surface area (Å²) in [4.78, 5) is 11.8. The van der Waals surface area contributed by atoms with Gasteiger partial charge in [-0.2, -0.15) is 0 Å². The van der Waals surface area contributed by atoms with Crippen molar-refractivity contribution in [3.8, 4) is 0 Å². The number of halogens is 1. The van der Waals surface area contributed by atoms with Gasteiger partial charge in [0.05, 0.1) is 0 Å². The summed E-state index contributed by atoms with van der Waals surface area (Å²) in [5.74, 6) is 0.265. The van der Waals surface area contributed by atoms with Gasteiger partial charge in [0, 0.05) is 17.4 Å². The number of hydrogen-bond acceptors (Lipinski definition) is 4. The van der Waals surface area contributed by atoms with E-state index >= 15 is 0 Å². The third-order valence-corrected chi connectivity index (χ3v) is 4.08. The van der Waals surface area contributed by atoms with E-state index in [9.17, 15) is 4.79 Å². The minimum atomic E-state index is -0.0589. The highest BCUT2D eigenvalue weighted by atomic mass is 35.5. The number of nitrogens with zero attached hydrogens (tertiary/aromatic N) is 2. The van der Waals surface area contributed by atoms with E-state index in [0.29, 0.717) is 28.9 Å². The lowest BCUT2D eigenvalue weighted by atomic mass is 10.1. The quantitative estimate of drug-likeness (QED) is 0.911. The van der Waals surface area contributed by atoms with Gasteiger partial charge in [-0.1, -0.05) is 48.9 Å². The standard InChI is InChI=1S/C14H16ClN3OS/c1-9(2)13-17-18-14(20-13)16-12(19)7-6-10-4-3-5-11(15)8-10/h3-5,8-9H,6-7H2,1-2H3,(H,16,18,19). The molecule has 0 aliphatic carbocycles. The van der Waals surface area contributed by atoms with E-state index in [1.165, 1.54) is 11.3 Å². The van der Waals surface area contributed by atoms with Gasteiger partial charge in [0.25, 0.3) is 0 Å². The molecule has 2 aromatic rings. The molecule has 0 fully saturated rings. The van der Waals surface area contributed by atoms with Gasteiger partial charge in [0.1, 0.15) is 5.01 Å². The average molecular weight is 310 g/mol. The number of benzene rings is 1. The van der Waals surface area contributed by atoms with Gasteiger partial charge in [0.2, 0.25) is 11.0 Å². The monoisotopic (exact) mass is 309 g/mol. The summed E-state index contributed by atoms with van der Waals surface area (Å²) in [5.41, 5.74) is 1.05. The molecule has 6 heteroatoms. The van der Waals surface area contributed by atoms with E-state index in [0.717, 1.165) is 10.6 Å². The Balaban J connectivity index is 1.86. The molecule has 1 amide bonds. The van der Waals surface area contributed by atoms with Crippen molar-refractivity contribution in [2.24, 2.45) is 0 Å². The van der Waals surface area contributed by atoms with Crippen LogP contribution in [0.1, 0.15) is 36.8 Å². The zero-order valence-electron chi connectivity index (χ0n) is 11.4. The first kappa shape index (κ1) is 14.9. The third kappa shape index (κ3) is 4.28. The molecule has 1 heterocycles. The number of aryl methyl sites for hydroxylation is 1. The SMILES string of the molecule is CC(C)c1nnc(NC(=O)CCc2cccc(Cl)c2)s1. The predicted molar refractivity (Wildman–Crippen MR) is 82.4 cm³/mol. The van der Waals surface area contributed by atoms with Crippen LogP contribution in [0, 0.1) is 0 Å². The highest BCUT2D eigenvalue weighted by molar-refractivity contribution is 7.15. The van der Waals surface area contributed by atoms with Gasteiger partial charge in [-0.15, -0.1) is 10.2 Å². The maximum atomic E-state index is 11.8. The minimum Gasteiger partial charge on any atom is -0.301 e. The fraction of sp³-hybridized carbons (Fsp3) is 0.357. The molecule has 0 saturated heterocycles. The van der Waals surface area contributed by atoms with Crippen LogP contribution in [0.25, 0.3) is 0 Å². The van der Waals surface area contributed by atoms with E-state index in [4.69, 9.17) is 11.6 Å². The Morgan fingerprint density at radius 2 is 2.20 bits per heavy atom. The summed E-state index contributed by atoms with van der Waals surface area (Å²) in [6.07, 6.45) is 1.05. The van der Waals surface area contributed by atoms with E-state index in [1.807, 2.05) is 38.1 Å². The molecular formula is C14H16ClN3OS. The largest absolute Gasteiger partial charge is 0.301 e. The Morgan fingerprint density at radius 3 is 2.85 bits per heavy atom. The lowest BCUT2D eigenvalue weighted by Crippen LogP contribution is -2.12. The van der Waals surface area contributed by atoms with Crippen molar-refractivity contribution in [2.45, 2.75) is 32.6 Å². The van der Waals surface area contributed by atoms with Crippen molar-refractivity contribution >= 4 is 34.0 Å². The summed E-state index contributed by atoms with van der Waals surface area (Å²) < 4.78 is 0. The Hall–Kier alpha value is -1.46. The van der Waals surface area contributed by atoms with Gasteiger partial charge < -0.3 is 5.32 Å². The van der Waals surface area contributed by atoms with Crippen LogP contribution in [0.2, 0.25) is 5.02 Å². The molecule has 0 aliphatic heterocycles. The van der Waals surface area contributed by atoms with Crippen molar-refractivity contribution in [2.75, 3.05) is 5.32 Å².